The molecule has 31 heavy (non-hydrogen) atoms. The summed E-state index contributed by atoms with van der Waals surface area (Å²) in [5.41, 5.74) is 4.80. The van der Waals surface area contributed by atoms with E-state index in [1.165, 1.54) is 0 Å². The Hall–Kier alpha value is -3.12. The quantitative estimate of drug-likeness (QED) is 0.612. The number of fused-ring (bicyclic) bond motifs is 1. The second-order valence-corrected chi connectivity index (χ2v) is 8.44. The van der Waals surface area contributed by atoms with Crippen LogP contribution in [0.5, 0.6) is 0 Å². The molecule has 0 unspecified atom stereocenters. The third-order valence-corrected chi connectivity index (χ3v) is 5.64. The average Bonchev–Trinajstić information content (AvgIpc) is 3.27. The molecule has 0 bridgehead atoms. The maximum atomic E-state index is 13.3. The van der Waals surface area contributed by atoms with Crippen LogP contribution in [0.25, 0.3) is 10.9 Å². The summed E-state index contributed by atoms with van der Waals surface area (Å²) in [7, 11) is 0. The normalized spacial score (nSPS) is 13.9. The first-order chi connectivity index (χ1) is 14.9. The van der Waals surface area contributed by atoms with Crippen molar-refractivity contribution in [2.75, 3.05) is 23.3 Å². The van der Waals surface area contributed by atoms with Crippen LogP contribution in [0, 0.1) is 6.92 Å². The fraction of sp³-hybridized carbons (Fsp3) is 0.360. The van der Waals surface area contributed by atoms with Crippen molar-refractivity contribution in [3.8, 4) is 0 Å². The molecule has 0 aliphatic carbocycles. The molecule has 1 aromatic heterocycles. The number of amides is 1. The number of hydrogen-bond acceptors (Lipinski definition) is 4. The number of carbonyl (C=O) groups excluding carboxylic acids is 1. The molecule has 3 aromatic rings. The van der Waals surface area contributed by atoms with E-state index < -0.39 is 0 Å². The van der Waals surface area contributed by atoms with Crippen LogP contribution >= 0.6 is 0 Å². The summed E-state index contributed by atoms with van der Waals surface area (Å²) in [4.78, 5) is 30.1. The molecule has 0 atom stereocenters. The van der Waals surface area contributed by atoms with E-state index in [1.807, 2.05) is 57.2 Å². The molecule has 2 aromatic carbocycles. The lowest BCUT2D eigenvalue weighted by atomic mass is 10.1. The van der Waals surface area contributed by atoms with Crippen LogP contribution in [-0.4, -0.2) is 30.1 Å². The number of aryl methyl sites for hydroxylation is 1. The zero-order valence-corrected chi connectivity index (χ0v) is 18.3. The number of ether oxygens (including phenoxy) is 1. The Balaban J connectivity index is 1.65. The van der Waals surface area contributed by atoms with Crippen LogP contribution in [-0.2, 0) is 11.3 Å². The van der Waals surface area contributed by atoms with Crippen molar-refractivity contribution in [1.82, 2.24) is 4.98 Å². The number of aromatic amines is 1. The summed E-state index contributed by atoms with van der Waals surface area (Å²) in [6, 6.07) is 13.1. The van der Waals surface area contributed by atoms with Crippen LogP contribution in [0.4, 0.5) is 11.4 Å². The van der Waals surface area contributed by atoms with Gasteiger partial charge in [0.15, 0.2) is 0 Å². The predicted octanol–water partition coefficient (Wildman–Crippen LogP) is 4.61. The number of benzene rings is 2. The molecule has 0 spiro atoms. The summed E-state index contributed by atoms with van der Waals surface area (Å²) < 4.78 is 5.74. The van der Waals surface area contributed by atoms with Crippen molar-refractivity contribution in [3.05, 3.63) is 69.5 Å². The van der Waals surface area contributed by atoms with Crippen LogP contribution < -0.4 is 15.8 Å². The molecule has 4 rings (SSSR count). The molecule has 6 nitrogen and oxygen atoms in total. The lowest BCUT2D eigenvalue weighted by Gasteiger charge is -2.22. The molecule has 0 radical (unpaired) electrons. The van der Waals surface area contributed by atoms with Crippen molar-refractivity contribution in [1.29, 1.82) is 0 Å². The molecule has 2 N–H and O–H groups in total. The predicted molar refractivity (Wildman–Crippen MR) is 125 cm³/mol. The Morgan fingerprint density at radius 1 is 1.13 bits per heavy atom. The molecule has 0 saturated carbocycles. The topological polar surface area (TPSA) is 74.4 Å². The van der Waals surface area contributed by atoms with Gasteiger partial charge in [0.1, 0.15) is 0 Å². The maximum Gasteiger partial charge on any atom is 0.257 e. The largest absolute Gasteiger partial charge is 0.374 e. The molecule has 1 aliphatic rings. The number of aromatic nitrogens is 1. The first-order valence-corrected chi connectivity index (χ1v) is 10.9. The SMILES string of the molecule is Cc1cc(=O)[nH]c2ccc(NC(=O)c3cc(COC(C)C)ccc3N3CCCC3)cc12. The number of pyridine rings is 1. The van der Waals surface area contributed by atoms with Crippen molar-refractivity contribution in [3.63, 3.8) is 0 Å². The highest BCUT2D eigenvalue weighted by molar-refractivity contribution is 6.09. The molecule has 1 aliphatic heterocycles. The van der Waals surface area contributed by atoms with E-state index in [9.17, 15) is 9.59 Å². The van der Waals surface area contributed by atoms with Gasteiger partial charge >= 0.3 is 0 Å². The van der Waals surface area contributed by atoms with Gasteiger partial charge in [0, 0.05) is 41.4 Å². The van der Waals surface area contributed by atoms with Gasteiger partial charge in [-0.25, -0.2) is 0 Å². The van der Waals surface area contributed by atoms with E-state index in [-0.39, 0.29) is 17.6 Å². The number of rotatable bonds is 6. The van der Waals surface area contributed by atoms with E-state index in [0.29, 0.717) is 17.9 Å². The third-order valence-electron chi connectivity index (χ3n) is 5.64. The van der Waals surface area contributed by atoms with Gasteiger partial charge in [-0.05, 0) is 75.1 Å². The Labute approximate surface area is 182 Å². The van der Waals surface area contributed by atoms with Crippen molar-refractivity contribution in [2.24, 2.45) is 0 Å². The highest BCUT2D eigenvalue weighted by atomic mass is 16.5. The van der Waals surface area contributed by atoms with Crippen LogP contribution in [0.15, 0.2) is 47.3 Å². The highest BCUT2D eigenvalue weighted by Gasteiger charge is 2.20. The van der Waals surface area contributed by atoms with Crippen molar-refractivity contribution >= 4 is 28.2 Å². The average molecular weight is 420 g/mol. The van der Waals surface area contributed by atoms with E-state index in [4.69, 9.17) is 4.74 Å². The Morgan fingerprint density at radius 2 is 1.90 bits per heavy atom. The smallest absolute Gasteiger partial charge is 0.257 e. The third kappa shape index (κ3) is 4.80. The fourth-order valence-electron chi connectivity index (χ4n) is 4.05. The standard InChI is InChI=1S/C25H29N3O3/c1-16(2)31-15-18-6-9-23(28-10-4-5-11-28)21(13-18)25(30)26-19-7-8-22-20(14-19)17(3)12-24(29)27-22/h6-9,12-14,16H,4-5,10-11,15H2,1-3H3,(H,26,30)(H,27,29). The van der Waals surface area contributed by atoms with Gasteiger partial charge in [0.05, 0.1) is 18.3 Å². The number of nitrogens with zero attached hydrogens (tertiary/aromatic N) is 1. The molecular formula is C25H29N3O3. The van der Waals surface area contributed by atoms with E-state index in [0.717, 1.165) is 53.6 Å². The van der Waals surface area contributed by atoms with Crippen molar-refractivity contribution in [2.45, 2.75) is 46.3 Å². The number of anilines is 2. The molecular weight excluding hydrogens is 390 g/mol. The summed E-state index contributed by atoms with van der Waals surface area (Å²) in [6.45, 7) is 8.30. The summed E-state index contributed by atoms with van der Waals surface area (Å²) in [5, 5.41) is 3.96. The van der Waals surface area contributed by atoms with Gasteiger partial charge in [0.25, 0.3) is 5.91 Å². The number of carbonyl (C=O) groups is 1. The van der Waals surface area contributed by atoms with Gasteiger partial charge < -0.3 is 19.9 Å². The van der Waals surface area contributed by atoms with Crippen LogP contribution in [0.1, 0.15) is 48.2 Å². The second-order valence-electron chi connectivity index (χ2n) is 8.44. The van der Waals surface area contributed by atoms with Gasteiger partial charge in [-0.2, -0.15) is 0 Å². The van der Waals surface area contributed by atoms with Crippen LogP contribution in [0.2, 0.25) is 0 Å². The number of H-pyrrole nitrogens is 1. The summed E-state index contributed by atoms with van der Waals surface area (Å²) >= 11 is 0. The van der Waals surface area contributed by atoms with Gasteiger partial charge in [-0.3, -0.25) is 9.59 Å². The first kappa shape index (κ1) is 21.1. The molecule has 6 heteroatoms. The number of hydrogen-bond donors (Lipinski definition) is 2. The monoisotopic (exact) mass is 419 g/mol. The van der Waals surface area contributed by atoms with Crippen molar-refractivity contribution < 1.29 is 9.53 Å². The maximum absolute atomic E-state index is 13.3. The minimum Gasteiger partial charge on any atom is -0.374 e. The zero-order chi connectivity index (χ0) is 22.0. The fourth-order valence-corrected chi connectivity index (χ4v) is 4.05. The Bertz CT molecular complexity index is 1160. The second kappa shape index (κ2) is 8.94. The Morgan fingerprint density at radius 3 is 2.65 bits per heavy atom. The van der Waals surface area contributed by atoms with E-state index in [1.54, 1.807) is 6.07 Å². The molecule has 162 valence electrons. The molecule has 2 heterocycles. The first-order valence-electron chi connectivity index (χ1n) is 10.9. The van der Waals surface area contributed by atoms with Gasteiger partial charge in [-0.15, -0.1) is 0 Å². The molecule has 1 amide bonds. The lowest BCUT2D eigenvalue weighted by molar-refractivity contribution is 0.0657. The van der Waals surface area contributed by atoms with Gasteiger partial charge in [-0.1, -0.05) is 6.07 Å². The number of nitrogens with one attached hydrogen (secondary N) is 2. The van der Waals surface area contributed by atoms with E-state index >= 15 is 0 Å². The summed E-state index contributed by atoms with van der Waals surface area (Å²) in [6.07, 6.45) is 2.41. The minimum atomic E-state index is -0.144. The summed E-state index contributed by atoms with van der Waals surface area (Å²) in [5.74, 6) is -0.144. The lowest BCUT2D eigenvalue weighted by Crippen LogP contribution is -2.23. The highest BCUT2D eigenvalue weighted by Crippen LogP contribution is 2.28. The van der Waals surface area contributed by atoms with Crippen LogP contribution in [0.3, 0.4) is 0 Å². The molecule has 1 fully saturated rings. The zero-order valence-electron chi connectivity index (χ0n) is 18.3. The Kier molecular flexibility index (Phi) is 6.09. The van der Waals surface area contributed by atoms with Gasteiger partial charge in [0.2, 0.25) is 5.56 Å². The van der Waals surface area contributed by atoms with E-state index in [2.05, 4.69) is 15.2 Å². The molecule has 1 saturated heterocycles. The minimum absolute atomic E-state index is 0.127.